The summed E-state index contributed by atoms with van der Waals surface area (Å²) in [6, 6.07) is 17.0. The van der Waals surface area contributed by atoms with Crippen molar-refractivity contribution in [1.82, 2.24) is 9.21 Å². The van der Waals surface area contributed by atoms with Gasteiger partial charge in [0, 0.05) is 37.3 Å². The van der Waals surface area contributed by atoms with Gasteiger partial charge in [0.15, 0.2) is 0 Å². The van der Waals surface area contributed by atoms with Crippen LogP contribution in [0.25, 0.3) is 10.8 Å². The fourth-order valence-corrected chi connectivity index (χ4v) is 6.98. The Morgan fingerprint density at radius 2 is 1.58 bits per heavy atom. The highest BCUT2D eigenvalue weighted by Gasteiger charge is 2.39. The minimum Gasteiger partial charge on any atom is -0.301 e. The highest BCUT2D eigenvalue weighted by molar-refractivity contribution is 7.89. The van der Waals surface area contributed by atoms with Gasteiger partial charge < -0.3 is 4.90 Å². The maximum atomic E-state index is 13.4. The molecule has 0 atom stereocenters. The van der Waals surface area contributed by atoms with Crippen LogP contribution in [-0.4, -0.2) is 62.2 Å². The van der Waals surface area contributed by atoms with E-state index in [2.05, 4.69) is 4.90 Å². The Hall–Kier alpha value is -4.05. The van der Waals surface area contributed by atoms with Crippen molar-refractivity contribution in [3.8, 4) is 6.07 Å². The molecule has 1 fully saturated rings. The predicted octanol–water partition coefficient (Wildman–Crippen LogP) is 5.10. The van der Waals surface area contributed by atoms with Crippen molar-refractivity contribution in [3.63, 3.8) is 0 Å². The summed E-state index contributed by atoms with van der Waals surface area (Å²) in [5.41, 5.74) is -1.58. The number of sulfonamides is 1. The van der Waals surface area contributed by atoms with Crippen LogP contribution in [0.2, 0.25) is 0 Å². The molecule has 12 heteroatoms. The van der Waals surface area contributed by atoms with Gasteiger partial charge in [-0.05, 0) is 73.8 Å². The lowest BCUT2D eigenvalue weighted by molar-refractivity contribution is -0.138. The van der Waals surface area contributed by atoms with Crippen LogP contribution in [0.5, 0.6) is 0 Å². The van der Waals surface area contributed by atoms with Gasteiger partial charge in [-0.3, -0.25) is 9.59 Å². The highest BCUT2D eigenvalue weighted by atomic mass is 32.2. The Morgan fingerprint density at radius 1 is 0.884 bits per heavy atom. The number of unbranched alkanes of at least 4 members (excludes halogenated alkanes) is 1. The van der Waals surface area contributed by atoms with Crippen molar-refractivity contribution in [2.24, 2.45) is 0 Å². The van der Waals surface area contributed by atoms with Crippen LogP contribution in [0.1, 0.15) is 37.3 Å². The summed E-state index contributed by atoms with van der Waals surface area (Å²) in [7, 11) is -3.63. The number of nitrogens with zero attached hydrogens (tertiary/aromatic N) is 4. The topological polar surface area (TPSA) is 102 Å². The number of benzene rings is 3. The number of carbonyl (C=O) groups excluding carboxylic acids is 2. The van der Waals surface area contributed by atoms with E-state index in [4.69, 9.17) is 5.26 Å². The molecule has 2 aliphatic heterocycles. The van der Waals surface area contributed by atoms with Crippen LogP contribution < -0.4 is 4.90 Å². The number of amides is 2. The standard InChI is InChI=1S/C31H29F3N4O4S/c1-21-27(30(40)38(29(21)39)25-11-9-24(20-35)28(19-25)31(32,33)34)8-4-5-13-36-14-16-37(17-15-36)43(41,42)26-12-10-22-6-2-3-7-23(22)18-26/h2-3,6-7,9-12,18-19H,4-5,8,13-17H2,1H3. The fraction of sp³-hybridized carbons (Fsp3) is 0.323. The Balaban J connectivity index is 1.14. The molecule has 0 saturated carbocycles. The van der Waals surface area contributed by atoms with Gasteiger partial charge >= 0.3 is 6.18 Å². The third kappa shape index (κ3) is 6.06. The molecule has 3 aromatic rings. The maximum Gasteiger partial charge on any atom is 0.417 e. The molecule has 0 bridgehead atoms. The first-order valence-corrected chi connectivity index (χ1v) is 15.3. The van der Waals surface area contributed by atoms with Crippen molar-refractivity contribution < 1.29 is 31.2 Å². The zero-order valence-corrected chi connectivity index (χ0v) is 24.2. The average Bonchev–Trinajstić information content (AvgIpc) is 3.21. The summed E-state index contributed by atoms with van der Waals surface area (Å²) in [6.07, 6.45) is -3.28. The number of rotatable bonds is 8. The number of nitriles is 1. The Bertz CT molecular complexity index is 1770. The van der Waals surface area contributed by atoms with E-state index in [1.165, 1.54) is 23.4 Å². The predicted molar refractivity (Wildman–Crippen MR) is 154 cm³/mol. The third-order valence-corrected chi connectivity index (χ3v) is 9.86. The summed E-state index contributed by atoms with van der Waals surface area (Å²) in [5, 5.41) is 10.9. The summed E-state index contributed by atoms with van der Waals surface area (Å²) < 4.78 is 68.2. The molecule has 2 heterocycles. The molecule has 0 unspecified atom stereocenters. The van der Waals surface area contributed by atoms with Crippen LogP contribution in [-0.2, 0) is 25.8 Å². The fourth-order valence-electron chi connectivity index (χ4n) is 5.52. The van der Waals surface area contributed by atoms with Gasteiger partial charge in [-0.15, -0.1) is 0 Å². The van der Waals surface area contributed by atoms with Crippen molar-refractivity contribution >= 4 is 38.3 Å². The number of imide groups is 1. The van der Waals surface area contributed by atoms with Crippen LogP contribution in [0.15, 0.2) is 76.7 Å². The molecule has 43 heavy (non-hydrogen) atoms. The number of alkyl halides is 3. The van der Waals surface area contributed by atoms with Gasteiger partial charge in [0.2, 0.25) is 10.0 Å². The second kappa shape index (κ2) is 11.9. The van der Waals surface area contributed by atoms with Crippen LogP contribution in [0.4, 0.5) is 18.9 Å². The van der Waals surface area contributed by atoms with Gasteiger partial charge in [0.05, 0.1) is 27.8 Å². The lowest BCUT2D eigenvalue weighted by Gasteiger charge is -2.34. The summed E-state index contributed by atoms with van der Waals surface area (Å²) >= 11 is 0. The number of hydrogen-bond donors (Lipinski definition) is 0. The average molecular weight is 611 g/mol. The van der Waals surface area contributed by atoms with E-state index in [-0.39, 0.29) is 28.1 Å². The van der Waals surface area contributed by atoms with Crippen LogP contribution in [0, 0.1) is 11.3 Å². The molecule has 2 aliphatic rings. The van der Waals surface area contributed by atoms with Crippen molar-refractivity contribution in [2.75, 3.05) is 37.6 Å². The number of hydrogen-bond acceptors (Lipinski definition) is 6. The summed E-state index contributed by atoms with van der Waals surface area (Å²) in [5.74, 6) is -1.34. The second-order valence-corrected chi connectivity index (χ2v) is 12.5. The van der Waals surface area contributed by atoms with E-state index >= 15 is 0 Å². The molecule has 5 rings (SSSR count). The molecule has 0 aromatic heterocycles. The van der Waals surface area contributed by atoms with E-state index in [0.29, 0.717) is 51.6 Å². The molecule has 0 radical (unpaired) electrons. The first kappa shape index (κ1) is 30.4. The molecule has 2 amide bonds. The Labute approximate surface area is 247 Å². The van der Waals surface area contributed by atoms with E-state index in [1.54, 1.807) is 12.1 Å². The van der Waals surface area contributed by atoms with Crippen molar-refractivity contribution in [1.29, 1.82) is 5.26 Å². The van der Waals surface area contributed by atoms with Crippen LogP contribution in [0.3, 0.4) is 0 Å². The first-order chi connectivity index (χ1) is 20.4. The molecular weight excluding hydrogens is 581 g/mol. The lowest BCUT2D eigenvalue weighted by atomic mass is 10.0. The van der Waals surface area contributed by atoms with E-state index in [1.807, 2.05) is 30.3 Å². The first-order valence-electron chi connectivity index (χ1n) is 13.8. The summed E-state index contributed by atoms with van der Waals surface area (Å²) in [4.78, 5) is 29.1. The van der Waals surface area contributed by atoms with Gasteiger partial charge in [-0.25, -0.2) is 13.3 Å². The second-order valence-electron chi connectivity index (χ2n) is 10.6. The molecule has 0 spiro atoms. The van der Waals surface area contributed by atoms with Crippen LogP contribution >= 0.6 is 0 Å². The minimum atomic E-state index is -4.82. The smallest absolute Gasteiger partial charge is 0.301 e. The molecule has 0 N–H and O–H groups in total. The number of piperazine rings is 1. The van der Waals surface area contributed by atoms with E-state index in [9.17, 15) is 31.2 Å². The molecule has 224 valence electrons. The third-order valence-electron chi connectivity index (χ3n) is 7.97. The monoisotopic (exact) mass is 610 g/mol. The highest BCUT2D eigenvalue weighted by Crippen LogP contribution is 2.37. The Kier molecular flexibility index (Phi) is 8.42. The molecule has 3 aromatic carbocycles. The van der Waals surface area contributed by atoms with Gasteiger partial charge in [0.25, 0.3) is 11.8 Å². The van der Waals surface area contributed by atoms with Gasteiger partial charge in [-0.2, -0.15) is 22.7 Å². The van der Waals surface area contributed by atoms with Gasteiger partial charge in [-0.1, -0.05) is 30.3 Å². The van der Waals surface area contributed by atoms with Gasteiger partial charge in [0.1, 0.15) is 0 Å². The quantitative estimate of drug-likeness (QED) is 0.260. The molecule has 1 saturated heterocycles. The maximum absolute atomic E-state index is 13.4. The minimum absolute atomic E-state index is 0.190. The van der Waals surface area contributed by atoms with Crippen molar-refractivity contribution in [2.45, 2.75) is 37.3 Å². The number of fused-ring (bicyclic) bond motifs is 1. The van der Waals surface area contributed by atoms with E-state index in [0.717, 1.165) is 21.7 Å². The SMILES string of the molecule is CC1=C(CCCCN2CCN(S(=O)(=O)c3ccc4ccccc4c3)CC2)C(=O)N(c2ccc(C#N)c(C(F)(F)F)c2)C1=O. The molecule has 8 nitrogen and oxygen atoms in total. The van der Waals surface area contributed by atoms with Crippen molar-refractivity contribution in [3.05, 3.63) is 82.9 Å². The number of carbonyl (C=O) groups is 2. The zero-order chi connectivity index (χ0) is 30.9. The largest absolute Gasteiger partial charge is 0.417 e. The van der Waals surface area contributed by atoms with E-state index < -0.39 is 39.1 Å². The normalized spacial score (nSPS) is 17.2. The zero-order valence-electron chi connectivity index (χ0n) is 23.4. The number of anilines is 1. The number of halogens is 3. The lowest BCUT2D eigenvalue weighted by Crippen LogP contribution is -2.48. The molecular formula is C31H29F3N4O4S. The summed E-state index contributed by atoms with van der Waals surface area (Å²) in [6.45, 7) is 3.98. The Morgan fingerprint density at radius 3 is 2.26 bits per heavy atom. The molecule has 0 aliphatic carbocycles.